The molecule has 114 valence electrons. The summed E-state index contributed by atoms with van der Waals surface area (Å²) in [5.74, 6) is -1.70. The maximum Gasteiger partial charge on any atom is 0.323 e. The van der Waals surface area contributed by atoms with Gasteiger partial charge in [0.25, 0.3) is 5.91 Å². The van der Waals surface area contributed by atoms with Gasteiger partial charge < -0.3 is 14.9 Å². The summed E-state index contributed by atoms with van der Waals surface area (Å²) in [4.78, 5) is 37.5. The fraction of sp³-hybridized carbons (Fsp3) is 0.400. The average Bonchev–Trinajstić information content (AvgIpc) is 2.46. The molecule has 0 spiro atoms. The van der Waals surface area contributed by atoms with Crippen LogP contribution in [-0.2, 0) is 9.59 Å². The van der Waals surface area contributed by atoms with Gasteiger partial charge in [0.05, 0.1) is 6.54 Å². The van der Waals surface area contributed by atoms with Crippen LogP contribution in [0, 0.1) is 0 Å². The van der Waals surface area contributed by atoms with Crippen molar-refractivity contribution in [2.75, 3.05) is 26.7 Å². The lowest BCUT2D eigenvalue weighted by molar-refractivity contribution is -0.144. The smallest absolute Gasteiger partial charge is 0.323 e. The van der Waals surface area contributed by atoms with Crippen LogP contribution in [0.5, 0.6) is 0 Å². The number of benzene rings is 1. The van der Waals surface area contributed by atoms with Gasteiger partial charge in [0.1, 0.15) is 6.54 Å². The third-order valence-electron chi connectivity index (χ3n) is 2.91. The molecule has 0 bridgehead atoms. The SMILES string of the molecule is CCCN(CC(=O)O)C(=O)CN(C)C(=O)c1ccccc1. The van der Waals surface area contributed by atoms with Gasteiger partial charge in [-0.3, -0.25) is 14.4 Å². The summed E-state index contributed by atoms with van der Waals surface area (Å²) in [5, 5.41) is 8.81. The number of carbonyl (C=O) groups is 3. The topological polar surface area (TPSA) is 77.9 Å². The van der Waals surface area contributed by atoms with Gasteiger partial charge in [0, 0.05) is 19.2 Å². The van der Waals surface area contributed by atoms with Gasteiger partial charge in [-0.15, -0.1) is 0 Å². The van der Waals surface area contributed by atoms with Crippen LogP contribution in [0.4, 0.5) is 0 Å². The van der Waals surface area contributed by atoms with Crippen LogP contribution in [0.25, 0.3) is 0 Å². The molecule has 1 N–H and O–H groups in total. The van der Waals surface area contributed by atoms with Crippen molar-refractivity contribution in [3.63, 3.8) is 0 Å². The summed E-state index contributed by atoms with van der Waals surface area (Å²) in [7, 11) is 1.53. The first-order valence-electron chi connectivity index (χ1n) is 6.75. The number of carbonyl (C=O) groups excluding carboxylic acids is 2. The van der Waals surface area contributed by atoms with E-state index in [2.05, 4.69) is 0 Å². The highest BCUT2D eigenvalue weighted by atomic mass is 16.4. The molecule has 0 unspecified atom stereocenters. The minimum Gasteiger partial charge on any atom is -0.480 e. The average molecular weight is 292 g/mol. The Morgan fingerprint density at radius 3 is 2.24 bits per heavy atom. The van der Waals surface area contributed by atoms with E-state index in [4.69, 9.17) is 5.11 Å². The number of amides is 2. The van der Waals surface area contributed by atoms with E-state index in [1.165, 1.54) is 16.8 Å². The van der Waals surface area contributed by atoms with Crippen molar-refractivity contribution in [3.8, 4) is 0 Å². The van der Waals surface area contributed by atoms with E-state index in [1.54, 1.807) is 30.3 Å². The third-order valence-corrected chi connectivity index (χ3v) is 2.91. The molecule has 0 saturated carbocycles. The van der Waals surface area contributed by atoms with Crippen molar-refractivity contribution in [3.05, 3.63) is 35.9 Å². The Hall–Kier alpha value is -2.37. The van der Waals surface area contributed by atoms with Gasteiger partial charge in [-0.2, -0.15) is 0 Å². The summed E-state index contributed by atoms with van der Waals surface area (Å²) < 4.78 is 0. The molecule has 6 nitrogen and oxygen atoms in total. The summed E-state index contributed by atoms with van der Waals surface area (Å²) in [6.45, 7) is 1.74. The Bertz CT molecular complexity index is 502. The first kappa shape index (κ1) is 16.7. The molecule has 0 heterocycles. The molecule has 0 aromatic heterocycles. The molecular weight excluding hydrogens is 272 g/mol. The van der Waals surface area contributed by atoms with E-state index in [0.717, 1.165) is 0 Å². The second-order valence-electron chi connectivity index (χ2n) is 4.74. The number of hydrogen-bond acceptors (Lipinski definition) is 3. The van der Waals surface area contributed by atoms with Crippen LogP contribution in [0.1, 0.15) is 23.7 Å². The highest BCUT2D eigenvalue weighted by Crippen LogP contribution is 2.04. The van der Waals surface area contributed by atoms with Gasteiger partial charge in [-0.1, -0.05) is 25.1 Å². The second-order valence-corrected chi connectivity index (χ2v) is 4.74. The lowest BCUT2D eigenvalue weighted by Gasteiger charge is -2.24. The minimum atomic E-state index is -1.06. The number of hydrogen-bond donors (Lipinski definition) is 1. The van der Waals surface area contributed by atoms with Crippen LogP contribution >= 0.6 is 0 Å². The summed E-state index contributed by atoms with van der Waals surface area (Å²) >= 11 is 0. The zero-order valence-electron chi connectivity index (χ0n) is 12.3. The third kappa shape index (κ3) is 5.25. The molecule has 0 aliphatic carbocycles. The quantitative estimate of drug-likeness (QED) is 0.815. The van der Waals surface area contributed by atoms with E-state index >= 15 is 0 Å². The minimum absolute atomic E-state index is 0.138. The number of nitrogens with zero attached hydrogens (tertiary/aromatic N) is 2. The molecule has 0 aliphatic rings. The first-order valence-corrected chi connectivity index (χ1v) is 6.75. The standard InChI is InChI=1S/C15H20N2O4/c1-3-9-17(11-14(19)20)13(18)10-16(2)15(21)12-7-5-4-6-8-12/h4-8H,3,9-11H2,1-2H3,(H,19,20). The predicted molar refractivity (Wildman–Crippen MR) is 77.9 cm³/mol. The van der Waals surface area contributed by atoms with Crippen molar-refractivity contribution < 1.29 is 19.5 Å². The number of rotatable bonds is 7. The van der Waals surface area contributed by atoms with Crippen molar-refractivity contribution in [1.29, 1.82) is 0 Å². The Balaban J connectivity index is 2.67. The van der Waals surface area contributed by atoms with Crippen molar-refractivity contribution in [2.24, 2.45) is 0 Å². The Morgan fingerprint density at radius 1 is 1.10 bits per heavy atom. The van der Waals surface area contributed by atoms with Gasteiger partial charge >= 0.3 is 5.97 Å². The van der Waals surface area contributed by atoms with E-state index in [0.29, 0.717) is 18.5 Å². The molecule has 1 rings (SSSR count). The van der Waals surface area contributed by atoms with Crippen LogP contribution in [0.3, 0.4) is 0 Å². The molecule has 0 fully saturated rings. The predicted octanol–water partition coefficient (Wildman–Crippen LogP) is 1.08. The van der Waals surface area contributed by atoms with Gasteiger partial charge in [-0.05, 0) is 18.6 Å². The number of likely N-dealkylation sites (N-methyl/N-ethyl adjacent to an activating group) is 1. The summed E-state index contributed by atoms with van der Waals surface area (Å²) in [6, 6.07) is 8.64. The van der Waals surface area contributed by atoms with Gasteiger partial charge in [0.15, 0.2) is 0 Å². The molecule has 1 aromatic carbocycles. The van der Waals surface area contributed by atoms with Crippen molar-refractivity contribution >= 4 is 17.8 Å². The normalized spacial score (nSPS) is 10.0. The molecule has 0 radical (unpaired) electrons. The molecule has 21 heavy (non-hydrogen) atoms. The lowest BCUT2D eigenvalue weighted by Crippen LogP contribution is -2.43. The van der Waals surface area contributed by atoms with E-state index in [1.807, 2.05) is 6.92 Å². The first-order chi connectivity index (χ1) is 9.95. The maximum atomic E-state index is 12.1. The van der Waals surface area contributed by atoms with E-state index in [9.17, 15) is 14.4 Å². The van der Waals surface area contributed by atoms with Crippen LogP contribution in [-0.4, -0.2) is 59.4 Å². The van der Waals surface area contributed by atoms with Gasteiger partial charge in [0.2, 0.25) is 5.91 Å². The fourth-order valence-corrected chi connectivity index (χ4v) is 1.90. The molecule has 1 aromatic rings. The number of carboxylic acids is 1. The molecule has 6 heteroatoms. The lowest BCUT2D eigenvalue weighted by atomic mass is 10.2. The maximum absolute atomic E-state index is 12.1. The van der Waals surface area contributed by atoms with Crippen molar-refractivity contribution in [2.45, 2.75) is 13.3 Å². The van der Waals surface area contributed by atoms with Crippen LogP contribution < -0.4 is 0 Å². The number of carboxylic acid groups (broad SMARTS) is 1. The van der Waals surface area contributed by atoms with Gasteiger partial charge in [-0.25, -0.2) is 0 Å². The molecule has 2 amide bonds. The summed E-state index contributed by atoms with van der Waals surface area (Å²) in [6.07, 6.45) is 0.662. The second kappa shape index (κ2) is 8.04. The fourth-order valence-electron chi connectivity index (χ4n) is 1.90. The summed E-state index contributed by atoms with van der Waals surface area (Å²) in [5.41, 5.74) is 0.494. The highest BCUT2D eigenvalue weighted by Gasteiger charge is 2.20. The Kier molecular flexibility index (Phi) is 6.39. The monoisotopic (exact) mass is 292 g/mol. The zero-order chi connectivity index (χ0) is 15.8. The molecule has 0 saturated heterocycles. The highest BCUT2D eigenvalue weighted by molar-refractivity contribution is 5.96. The number of aliphatic carboxylic acids is 1. The van der Waals surface area contributed by atoms with E-state index < -0.39 is 5.97 Å². The van der Waals surface area contributed by atoms with Crippen LogP contribution in [0.15, 0.2) is 30.3 Å². The molecule has 0 atom stereocenters. The Morgan fingerprint density at radius 2 is 1.71 bits per heavy atom. The van der Waals surface area contributed by atoms with E-state index in [-0.39, 0.29) is 24.9 Å². The Labute approximate surface area is 124 Å². The molecule has 0 aliphatic heterocycles. The molecular formula is C15H20N2O4. The van der Waals surface area contributed by atoms with Crippen LogP contribution in [0.2, 0.25) is 0 Å². The zero-order valence-corrected chi connectivity index (χ0v) is 12.3. The largest absolute Gasteiger partial charge is 0.480 e. The van der Waals surface area contributed by atoms with Crippen molar-refractivity contribution in [1.82, 2.24) is 9.80 Å².